The van der Waals surface area contributed by atoms with E-state index in [2.05, 4.69) is 40.7 Å². The second kappa shape index (κ2) is 6.57. The molecule has 0 unspecified atom stereocenters. The first-order chi connectivity index (χ1) is 9.24. The van der Waals surface area contributed by atoms with Gasteiger partial charge in [-0.2, -0.15) is 0 Å². The third-order valence-electron chi connectivity index (χ3n) is 3.52. The number of carbonyl (C=O) groups excluding carboxylic acids is 1. The molecule has 0 aliphatic carbocycles. The van der Waals surface area contributed by atoms with Crippen LogP contribution in [-0.4, -0.2) is 37.0 Å². The summed E-state index contributed by atoms with van der Waals surface area (Å²) in [7, 11) is 0. The lowest BCUT2D eigenvalue weighted by atomic mass is 10.1. The van der Waals surface area contributed by atoms with Crippen molar-refractivity contribution in [3.8, 4) is 0 Å². The van der Waals surface area contributed by atoms with E-state index < -0.39 is 0 Å². The van der Waals surface area contributed by atoms with E-state index in [0.717, 1.165) is 26.1 Å². The molecule has 4 heteroatoms. The van der Waals surface area contributed by atoms with E-state index in [4.69, 9.17) is 0 Å². The van der Waals surface area contributed by atoms with E-state index in [9.17, 15) is 4.79 Å². The predicted molar refractivity (Wildman–Crippen MR) is 78.3 cm³/mol. The highest BCUT2D eigenvalue weighted by Gasteiger charge is 2.16. The van der Waals surface area contributed by atoms with Crippen LogP contribution in [0.3, 0.4) is 0 Å². The molecule has 2 N–H and O–H groups in total. The zero-order valence-corrected chi connectivity index (χ0v) is 11.8. The fourth-order valence-corrected chi connectivity index (χ4v) is 2.52. The van der Waals surface area contributed by atoms with E-state index >= 15 is 0 Å². The van der Waals surface area contributed by atoms with Crippen LogP contribution < -0.4 is 10.6 Å². The van der Waals surface area contributed by atoms with Crippen LogP contribution in [0.2, 0.25) is 0 Å². The van der Waals surface area contributed by atoms with Gasteiger partial charge in [0, 0.05) is 25.3 Å². The molecule has 1 aromatic carbocycles. The van der Waals surface area contributed by atoms with Gasteiger partial charge in [0.05, 0.1) is 6.54 Å². The Hall–Kier alpha value is -1.55. The van der Waals surface area contributed by atoms with Gasteiger partial charge in [-0.25, -0.2) is 0 Å². The summed E-state index contributed by atoms with van der Waals surface area (Å²) < 4.78 is 0. The number of benzene rings is 1. The molecule has 1 heterocycles. The Morgan fingerprint density at radius 1 is 1.42 bits per heavy atom. The largest absolute Gasteiger partial charge is 0.384 e. The molecule has 104 valence electrons. The quantitative estimate of drug-likeness (QED) is 0.818. The molecule has 0 aromatic heterocycles. The fraction of sp³-hybridized carbons (Fsp3) is 0.533. The highest BCUT2D eigenvalue weighted by molar-refractivity contribution is 5.78. The minimum absolute atomic E-state index is 0.102. The van der Waals surface area contributed by atoms with Crippen molar-refractivity contribution in [2.24, 2.45) is 0 Å². The topological polar surface area (TPSA) is 44.4 Å². The molecule has 0 atom stereocenters. The van der Waals surface area contributed by atoms with Crippen molar-refractivity contribution in [1.29, 1.82) is 0 Å². The van der Waals surface area contributed by atoms with Crippen molar-refractivity contribution >= 4 is 11.6 Å². The van der Waals surface area contributed by atoms with Crippen LogP contribution in [0.5, 0.6) is 0 Å². The molecule has 19 heavy (non-hydrogen) atoms. The molecular weight excluding hydrogens is 238 g/mol. The Balaban J connectivity index is 2.02. The highest BCUT2D eigenvalue weighted by atomic mass is 16.2. The van der Waals surface area contributed by atoms with Crippen LogP contribution in [0.25, 0.3) is 0 Å². The monoisotopic (exact) mass is 261 g/mol. The number of anilines is 1. The first-order valence-corrected chi connectivity index (χ1v) is 7.08. The summed E-state index contributed by atoms with van der Waals surface area (Å²) >= 11 is 0. The molecule has 2 rings (SSSR count). The SMILES string of the molecule is CCNC(=O)CN(CC)Cc1cccc2c1NCC2. The number of nitrogens with zero attached hydrogens (tertiary/aromatic N) is 1. The van der Waals surface area contributed by atoms with Gasteiger partial charge in [0.2, 0.25) is 5.91 Å². The van der Waals surface area contributed by atoms with Gasteiger partial charge >= 0.3 is 0 Å². The molecule has 1 aromatic rings. The standard InChI is InChI=1S/C15H23N3O/c1-3-16-14(19)11-18(4-2)10-13-7-5-6-12-8-9-17-15(12)13/h5-7,17H,3-4,8-11H2,1-2H3,(H,16,19). The summed E-state index contributed by atoms with van der Waals surface area (Å²) in [5.74, 6) is 0.102. The minimum atomic E-state index is 0.102. The first-order valence-electron chi connectivity index (χ1n) is 7.08. The molecule has 0 saturated carbocycles. The van der Waals surface area contributed by atoms with Crippen molar-refractivity contribution in [3.63, 3.8) is 0 Å². The molecule has 1 amide bonds. The van der Waals surface area contributed by atoms with E-state index in [-0.39, 0.29) is 5.91 Å². The lowest BCUT2D eigenvalue weighted by Crippen LogP contribution is -2.36. The van der Waals surface area contributed by atoms with Crippen molar-refractivity contribution in [2.75, 3.05) is 31.5 Å². The number of hydrogen-bond acceptors (Lipinski definition) is 3. The van der Waals surface area contributed by atoms with E-state index in [1.807, 2.05) is 6.92 Å². The fourth-order valence-electron chi connectivity index (χ4n) is 2.52. The first kappa shape index (κ1) is 13.9. The maximum absolute atomic E-state index is 11.7. The normalized spacial score (nSPS) is 13.2. The number of para-hydroxylation sites is 1. The lowest BCUT2D eigenvalue weighted by Gasteiger charge is -2.21. The van der Waals surface area contributed by atoms with Crippen LogP contribution in [0, 0.1) is 0 Å². The van der Waals surface area contributed by atoms with Crippen LogP contribution in [0.4, 0.5) is 5.69 Å². The number of nitrogens with one attached hydrogen (secondary N) is 2. The zero-order chi connectivity index (χ0) is 13.7. The Morgan fingerprint density at radius 3 is 3.00 bits per heavy atom. The molecule has 1 aliphatic rings. The molecule has 1 aliphatic heterocycles. The zero-order valence-electron chi connectivity index (χ0n) is 11.8. The number of amides is 1. The predicted octanol–water partition coefficient (Wildman–Crippen LogP) is 1.61. The maximum Gasteiger partial charge on any atom is 0.234 e. The van der Waals surface area contributed by atoms with E-state index in [1.54, 1.807) is 0 Å². The number of rotatable bonds is 6. The summed E-state index contributed by atoms with van der Waals surface area (Å²) in [5, 5.41) is 6.30. The molecule has 0 saturated heterocycles. The van der Waals surface area contributed by atoms with Crippen molar-refractivity contribution in [1.82, 2.24) is 10.2 Å². The number of carbonyl (C=O) groups is 1. The van der Waals surface area contributed by atoms with Crippen LogP contribution in [0.15, 0.2) is 18.2 Å². The second-order valence-corrected chi connectivity index (χ2v) is 4.88. The highest BCUT2D eigenvalue weighted by Crippen LogP contribution is 2.27. The van der Waals surface area contributed by atoms with Gasteiger partial charge < -0.3 is 10.6 Å². The van der Waals surface area contributed by atoms with Gasteiger partial charge in [-0.3, -0.25) is 9.69 Å². The average Bonchev–Trinajstić information content (AvgIpc) is 2.87. The van der Waals surface area contributed by atoms with E-state index in [0.29, 0.717) is 13.1 Å². The van der Waals surface area contributed by atoms with Gasteiger partial charge in [0.15, 0.2) is 0 Å². The third-order valence-corrected chi connectivity index (χ3v) is 3.52. The van der Waals surface area contributed by atoms with E-state index in [1.165, 1.54) is 16.8 Å². The molecule has 0 fully saturated rings. The lowest BCUT2D eigenvalue weighted by molar-refractivity contribution is -0.122. The van der Waals surface area contributed by atoms with Crippen LogP contribution >= 0.6 is 0 Å². The summed E-state index contributed by atoms with van der Waals surface area (Å²) in [6, 6.07) is 6.44. The number of hydrogen-bond donors (Lipinski definition) is 2. The molecule has 0 radical (unpaired) electrons. The smallest absolute Gasteiger partial charge is 0.234 e. The van der Waals surface area contributed by atoms with Gasteiger partial charge in [-0.1, -0.05) is 25.1 Å². The summed E-state index contributed by atoms with van der Waals surface area (Å²) in [6.07, 6.45) is 1.10. The Bertz CT molecular complexity index is 445. The van der Waals surface area contributed by atoms with Crippen LogP contribution in [0.1, 0.15) is 25.0 Å². The number of fused-ring (bicyclic) bond motifs is 1. The van der Waals surface area contributed by atoms with Gasteiger partial charge in [-0.15, -0.1) is 0 Å². The van der Waals surface area contributed by atoms with Crippen molar-refractivity contribution in [2.45, 2.75) is 26.8 Å². The van der Waals surface area contributed by atoms with Gasteiger partial charge in [0.1, 0.15) is 0 Å². The molecular formula is C15H23N3O. The molecule has 0 spiro atoms. The minimum Gasteiger partial charge on any atom is -0.384 e. The van der Waals surface area contributed by atoms with Gasteiger partial charge in [-0.05, 0) is 31.0 Å². The summed E-state index contributed by atoms with van der Waals surface area (Å²) in [6.45, 7) is 7.92. The average molecular weight is 261 g/mol. The molecule has 0 bridgehead atoms. The van der Waals surface area contributed by atoms with Gasteiger partial charge in [0.25, 0.3) is 0 Å². The summed E-state index contributed by atoms with van der Waals surface area (Å²) in [5.41, 5.74) is 3.96. The Morgan fingerprint density at radius 2 is 2.26 bits per heavy atom. The van der Waals surface area contributed by atoms with Crippen molar-refractivity contribution < 1.29 is 4.79 Å². The second-order valence-electron chi connectivity index (χ2n) is 4.88. The maximum atomic E-state index is 11.7. The van der Waals surface area contributed by atoms with Crippen molar-refractivity contribution in [3.05, 3.63) is 29.3 Å². The Labute approximate surface area is 115 Å². The summed E-state index contributed by atoms with van der Waals surface area (Å²) in [4.78, 5) is 13.8. The Kier molecular flexibility index (Phi) is 4.80. The third kappa shape index (κ3) is 3.47. The molecule has 4 nitrogen and oxygen atoms in total. The van der Waals surface area contributed by atoms with Crippen LogP contribution in [-0.2, 0) is 17.8 Å². The number of likely N-dealkylation sites (N-methyl/N-ethyl adjacent to an activating group) is 2.